The molecule has 3 heteroatoms. The first-order valence-corrected chi connectivity index (χ1v) is 5.92. The molecule has 0 spiro atoms. The molecule has 0 aliphatic carbocycles. The van der Waals surface area contributed by atoms with Gasteiger partial charge in [0.1, 0.15) is 5.75 Å². The van der Waals surface area contributed by atoms with E-state index in [0.717, 1.165) is 16.7 Å². The first kappa shape index (κ1) is 12.5. The number of nitrogens with zero attached hydrogens (tertiary/aromatic N) is 1. The molecule has 0 heterocycles. The molecule has 1 N–H and O–H groups in total. The summed E-state index contributed by atoms with van der Waals surface area (Å²) >= 11 is 5.95. The van der Waals surface area contributed by atoms with E-state index in [1.54, 1.807) is 12.1 Å². The molecule has 0 radical (unpaired) electrons. The molecule has 2 aromatic carbocycles. The zero-order valence-electron chi connectivity index (χ0n) is 10.2. The van der Waals surface area contributed by atoms with Crippen molar-refractivity contribution in [3.8, 4) is 22.9 Å². The van der Waals surface area contributed by atoms with Gasteiger partial charge in [-0.15, -0.1) is 0 Å². The van der Waals surface area contributed by atoms with Gasteiger partial charge in [-0.25, -0.2) is 0 Å². The lowest BCUT2D eigenvalue weighted by atomic mass is 9.92. The van der Waals surface area contributed by atoms with E-state index in [4.69, 9.17) is 11.6 Å². The second kappa shape index (κ2) is 4.72. The van der Waals surface area contributed by atoms with Crippen molar-refractivity contribution in [2.24, 2.45) is 0 Å². The van der Waals surface area contributed by atoms with Crippen LogP contribution in [-0.2, 0) is 0 Å². The molecule has 0 aromatic heterocycles. The van der Waals surface area contributed by atoms with Gasteiger partial charge in [0.05, 0.1) is 16.7 Å². The van der Waals surface area contributed by atoms with Crippen molar-refractivity contribution < 1.29 is 5.11 Å². The van der Waals surface area contributed by atoms with Gasteiger partial charge in [0.25, 0.3) is 0 Å². The zero-order chi connectivity index (χ0) is 13.3. The highest BCUT2D eigenvalue weighted by molar-refractivity contribution is 6.32. The van der Waals surface area contributed by atoms with Crippen molar-refractivity contribution in [1.82, 2.24) is 0 Å². The quantitative estimate of drug-likeness (QED) is 0.832. The molecule has 0 saturated heterocycles. The highest BCUT2D eigenvalue weighted by atomic mass is 35.5. The van der Waals surface area contributed by atoms with Crippen LogP contribution in [0.4, 0.5) is 0 Å². The van der Waals surface area contributed by atoms with Crippen LogP contribution in [0.2, 0.25) is 5.02 Å². The average molecular weight is 258 g/mol. The monoisotopic (exact) mass is 257 g/mol. The van der Waals surface area contributed by atoms with Crippen molar-refractivity contribution in [2.45, 2.75) is 13.8 Å². The Morgan fingerprint density at radius 2 is 1.72 bits per heavy atom. The maximum atomic E-state index is 10.1. The Morgan fingerprint density at radius 1 is 1.06 bits per heavy atom. The molecule has 0 atom stereocenters. The predicted molar refractivity (Wildman–Crippen MR) is 72.7 cm³/mol. The van der Waals surface area contributed by atoms with Gasteiger partial charge in [-0.2, -0.15) is 5.26 Å². The van der Waals surface area contributed by atoms with E-state index in [2.05, 4.69) is 6.07 Å². The van der Waals surface area contributed by atoms with Crippen molar-refractivity contribution in [2.75, 3.05) is 0 Å². The van der Waals surface area contributed by atoms with Crippen molar-refractivity contribution >= 4 is 11.6 Å². The number of phenols is 1. The van der Waals surface area contributed by atoms with Gasteiger partial charge in [0, 0.05) is 11.1 Å². The Kier molecular flexibility index (Phi) is 3.27. The van der Waals surface area contributed by atoms with E-state index in [0.29, 0.717) is 16.1 Å². The lowest BCUT2D eigenvalue weighted by molar-refractivity contribution is 0.477. The summed E-state index contributed by atoms with van der Waals surface area (Å²) in [4.78, 5) is 0. The van der Waals surface area contributed by atoms with E-state index in [1.807, 2.05) is 32.0 Å². The summed E-state index contributed by atoms with van der Waals surface area (Å²) < 4.78 is 0. The molecule has 0 amide bonds. The Bertz CT molecular complexity index is 656. The van der Waals surface area contributed by atoms with Crippen LogP contribution < -0.4 is 0 Å². The molecule has 0 aliphatic heterocycles. The third-order valence-corrected chi connectivity index (χ3v) is 3.29. The molecule has 0 unspecified atom stereocenters. The fraction of sp³-hybridized carbons (Fsp3) is 0.133. The highest BCUT2D eigenvalue weighted by Crippen LogP contribution is 2.40. The summed E-state index contributed by atoms with van der Waals surface area (Å²) in [5, 5.41) is 19.6. The van der Waals surface area contributed by atoms with Gasteiger partial charge < -0.3 is 5.11 Å². The van der Waals surface area contributed by atoms with Crippen molar-refractivity contribution in [3.63, 3.8) is 0 Å². The molecule has 2 aromatic rings. The third-order valence-electron chi connectivity index (χ3n) is 2.98. The maximum Gasteiger partial charge on any atom is 0.142 e. The summed E-state index contributed by atoms with van der Waals surface area (Å²) in [6.45, 7) is 3.80. The summed E-state index contributed by atoms with van der Waals surface area (Å²) in [6, 6.07) is 11.1. The van der Waals surface area contributed by atoms with Gasteiger partial charge in [0.2, 0.25) is 0 Å². The minimum atomic E-state index is 0.0301. The van der Waals surface area contributed by atoms with Crippen LogP contribution in [0.5, 0.6) is 5.75 Å². The molecule has 2 nitrogen and oxygen atoms in total. The van der Waals surface area contributed by atoms with E-state index < -0.39 is 0 Å². The fourth-order valence-corrected chi connectivity index (χ4v) is 2.23. The van der Waals surface area contributed by atoms with E-state index in [-0.39, 0.29) is 5.75 Å². The number of aryl methyl sites for hydroxylation is 2. The molecule has 0 saturated carbocycles. The fourth-order valence-electron chi connectivity index (χ4n) is 2.07. The van der Waals surface area contributed by atoms with E-state index >= 15 is 0 Å². The van der Waals surface area contributed by atoms with Gasteiger partial charge in [0.15, 0.2) is 0 Å². The Balaban J connectivity index is 2.86. The van der Waals surface area contributed by atoms with Crippen LogP contribution in [0.15, 0.2) is 30.3 Å². The molecule has 2 rings (SSSR count). The number of nitriles is 1. The van der Waals surface area contributed by atoms with Gasteiger partial charge in [-0.05, 0) is 37.1 Å². The zero-order valence-corrected chi connectivity index (χ0v) is 10.9. The maximum absolute atomic E-state index is 10.1. The Hall–Kier alpha value is -1.98. The van der Waals surface area contributed by atoms with Crippen molar-refractivity contribution in [3.05, 3.63) is 52.0 Å². The predicted octanol–water partition coefficient (Wildman–Crippen LogP) is 4.20. The summed E-state index contributed by atoms with van der Waals surface area (Å²) in [5.74, 6) is 0.0301. The molecule has 90 valence electrons. The van der Waals surface area contributed by atoms with Crippen molar-refractivity contribution in [1.29, 1.82) is 5.26 Å². The number of phenolic OH excluding ortho intramolecular Hbond substituents is 1. The van der Waals surface area contributed by atoms with E-state index in [1.165, 1.54) is 0 Å². The third kappa shape index (κ3) is 1.94. The summed E-state index contributed by atoms with van der Waals surface area (Å²) in [6.07, 6.45) is 0. The molecule has 0 aliphatic rings. The minimum absolute atomic E-state index is 0.0301. The number of halogens is 1. The second-order valence-corrected chi connectivity index (χ2v) is 4.60. The number of aromatic hydroxyl groups is 1. The van der Waals surface area contributed by atoms with Crippen LogP contribution >= 0.6 is 11.6 Å². The first-order chi connectivity index (χ1) is 8.56. The lowest BCUT2D eigenvalue weighted by Crippen LogP contribution is -1.92. The molecular formula is C15H12ClNO. The largest absolute Gasteiger partial charge is 0.506 e. The normalized spacial score (nSPS) is 10.1. The van der Waals surface area contributed by atoms with Gasteiger partial charge >= 0.3 is 0 Å². The van der Waals surface area contributed by atoms with Crippen LogP contribution in [0.1, 0.15) is 16.7 Å². The van der Waals surface area contributed by atoms with Crippen LogP contribution in [0, 0.1) is 25.2 Å². The Morgan fingerprint density at radius 3 is 2.39 bits per heavy atom. The average Bonchev–Trinajstić information content (AvgIpc) is 2.36. The van der Waals surface area contributed by atoms with Gasteiger partial charge in [-0.1, -0.05) is 29.8 Å². The molecule has 18 heavy (non-hydrogen) atoms. The minimum Gasteiger partial charge on any atom is -0.506 e. The number of hydrogen-bond donors (Lipinski definition) is 1. The van der Waals surface area contributed by atoms with Crippen LogP contribution in [-0.4, -0.2) is 5.11 Å². The highest BCUT2D eigenvalue weighted by Gasteiger charge is 2.16. The lowest BCUT2D eigenvalue weighted by Gasteiger charge is -2.14. The standard InChI is InChI=1S/C15H12ClNO/c1-9-4-3-5-11(8-17)13(9)14-10(2)6-7-12(16)15(14)18/h3-7,18H,1-2H3. The van der Waals surface area contributed by atoms with E-state index in [9.17, 15) is 10.4 Å². The topological polar surface area (TPSA) is 44.0 Å². The SMILES string of the molecule is Cc1cccc(C#N)c1-c1c(C)ccc(Cl)c1O. The Labute approximate surface area is 111 Å². The number of rotatable bonds is 1. The second-order valence-electron chi connectivity index (χ2n) is 4.20. The molecule has 0 fully saturated rings. The smallest absolute Gasteiger partial charge is 0.142 e. The number of benzene rings is 2. The summed E-state index contributed by atoms with van der Waals surface area (Å²) in [5.41, 5.74) is 3.75. The molecule has 0 bridgehead atoms. The van der Waals surface area contributed by atoms with Gasteiger partial charge in [-0.3, -0.25) is 0 Å². The van der Waals surface area contributed by atoms with Crippen LogP contribution in [0.25, 0.3) is 11.1 Å². The summed E-state index contributed by atoms with van der Waals surface area (Å²) in [7, 11) is 0. The first-order valence-electron chi connectivity index (χ1n) is 5.54. The molecular weight excluding hydrogens is 246 g/mol. The van der Waals surface area contributed by atoms with Crippen LogP contribution in [0.3, 0.4) is 0 Å². The number of hydrogen-bond acceptors (Lipinski definition) is 2.